The van der Waals surface area contributed by atoms with Crippen LogP contribution in [0.5, 0.6) is 0 Å². The minimum atomic E-state index is 0.926. The first-order chi connectivity index (χ1) is 10.3. The standard InChI is InChI=1S/C18H19ClN2/c1-3-20(4-2)18(13-19)21-16-11-7-5-9-14(16)15-10-6-8-12-17(15)21/h5-13H,3-4H2,1-2H3/b18-13+. The Morgan fingerprint density at radius 3 is 1.86 bits per heavy atom. The van der Waals surface area contributed by atoms with Gasteiger partial charge in [-0.05, 0) is 26.0 Å². The van der Waals surface area contributed by atoms with Crippen molar-refractivity contribution in [1.82, 2.24) is 9.47 Å². The fourth-order valence-electron chi connectivity index (χ4n) is 2.98. The van der Waals surface area contributed by atoms with E-state index in [9.17, 15) is 0 Å². The number of para-hydroxylation sites is 2. The molecule has 0 saturated carbocycles. The van der Waals surface area contributed by atoms with E-state index >= 15 is 0 Å². The van der Waals surface area contributed by atoms with E-state index < -0.39 is 0 Å². The van der Waals surface area contributed by atoms with Crippen LogP contribution in [-0.2, 0) is 0 Å². The summed E-state index contributed by atoms with van der Waals surface area (Å²) in [5, 5.41) is 2.52. The maximum Gasteiger partial charge on any atom is 0.125 e. The zero-order valence-electron chi connectivity index (χ0n) is 12.4. The summed E-state index contributed by atoms with van der Waals surface area (Å²) in [6, 6.07) is 17.0. The average molecular weight is 299 g/mol. The molecule has 0 aliphatic rings. The van der Waals surface area contributed by atoms with Crippen molar-refractivity contribution in [3.63, 3.8) is 0 Å². The molecule has 1 heterocycles. The molecule has 21 heavy (non-hydrogen) atoms. The molecule has 0 fully saturated rings. The zero-order valence-corrected chi connectivity index (χ0v) is 13.1. The quantitative estimate of drug-likeness (QED) is 0.648. The smallest absolute Gasteiger partial charge is 0.125 e. The van der Waals surface area contributed by atoms with Crippen molar-refractivity contribution >= 4 is 39.2 Å². The van der Waals surface area contributed by atoms with Gasteiger partial charge in [0, 0.05) is 29.4 Å². The highest BCUT2D eigenvalue weighted by atomic mass is 35.5. The lowest BCUT2D eigenvalue weighted by atomic mass is 10.2. The largest absolute Gasteiger partial charge is 0.358 e. The predicted octanol–water partition coefficient (Wildman–Crippen LogP) is 5.13. The normalized spacial score (nSPS) is 12.2. The molecule has 108 valence electrons. The van der Waals surface area contributed by atoms with E-state index in [-0.39, 0.29) is 0 Å². The Morgan fingerprint density at radius 2 is 1.43 bits per heavy atom. The molecular formula is C18H19ClN2. The number of benzene rings is 2. The van der Waals surface area contributed by atoms with Crippen LogP contribution in [0.25, 0.3) is 27.6 Å². The highest BCUT2D eigenvalue weighted by Gasteiger charge is 2.15. The van der Waals surface area contributed by atoms with Crippen LogP contribution in [0.4, 0.5) is 0 Å². The second kappa shape index (κ2) is 5.82. The molecule has 0 bridgehead atoms. The van der Waals surface area contributed by atoms with Crippen molar-refractivity contribution in [2.45, 2.75) is 13.8 Å². The molecule has 3 rings (SSSR count). The summed E-state index contributed by atoms with van der Waals surface area (Å²) in [5.41, 5.74) is 4.07. The number of hydrogen-bond acceptors (Lipinski definition) is 1. The minimum absolute atomic E-state index is 0.926. The number of halogens is 1. The van der Waals surface area contributed by atoms with Crippen LogP contribution in [0.15, 0.2) is 54.1 Å². The molecule has 0 radical (unpaired) electrons. The average Bonchev–Trinajstić information content (AvgIpc) is 2.87. The molecule has 0 saturated heterocycles. The van der Waals surface area contributed by atoms with Gasteiger partial charge in [-0.1, -0.05) is 48.0 Å². The van der Waals surface area contributed by atoms with E-state index in [1.807, 2.05) is 0 Å². The van der Waals surface area contributed by atoms with Crippen LogP contribution in [0.3, 0.4) is 0 Å². The Morgan fingerprint density at radius 1 is 0.952 bits per heavy atom. The molecule has 3 heteroatoms. The van der Waals surface area contributed by atoms with Crippen molar-refractivity contribution in [2.24, 2.45) is 0 Å². The van der Waals surface area contributed by atoms with E-state index in [0.29, 0.717) is 0 Å². The van der Waals surface area contributed by atoms with Gasteiger partial charge in [-0.2, -0.15) is 0 Å². The summed E-state index contributed by atoms with van der Waals surface area (Å²) in [6.07, 6.45) is 0. The summed E-state index contributed by atoms with van der Waals surface area (Å²) < 4.78 is 2.25. The molecule has 2 aromatic carbocycles. The van der Waals surface area contributed by atoms with Gasteiger partial charge in [-0.25, -0.2) is 0 Å². The fourth-order valence-corrected chi connectivity index (χ4v) is 3.21. The Labute approximate surface area is 130 Å². The van der Waals surface area contributed by atoms with Gasteiger partial charge in [0.2, 0.25) is 0 Å². The summed E-state index contributed by atoms with van der Waals surface area (Å²) in [7, 11) is 0. The van der Waals surface area contributed by atoms with Gasteiger partial charge in [-0.3, -0.25) is 4.57 Å². The van der Waals surface area contributed by atoms with Crippen LogP contribution in [0.2, 0.25) is 0 Å². The van der Waals surface area contributed by atoms with Crippen LogP contribution in [-0.4, -0.2) is 22.6 Å². The predicted molar refractivity (Wildman–Crippen MR) is 92.5 cm³/mol. The van der Waals surface area contributed by atoms with Crippen molar-refractivity contribution < 1.29 is 0 Å². The van der Waals surface area contributed by atoms with Gasteiger partial charge in [-0.15, -0.1) is 0 Å². The van der Waals surface area contributed by atoms with E-state index in [4.69, 9.17) is 11.6 Å². The Balaban J connectivity index is 2.39. The molecule has 0 aliphatic heterocycles. The third-order valence-corrected chi connectivity index (χ3v) is 4.19. The summed E-state index contributed by atoms with van der Waals surface area (Å²) in [5.74, 6) is 1.03. The van der Waals surface area contributed by atoms with Crippen LogP contribution >= 0.6 is 11.6 Å². The number of nitrogens with zero attached hydrogens (tertiary/aromatic N) is 2. The number of rotatable bonds is 4. The molecule has 2 nitrogen and oxygen atoms in total. The first-order valence-electron chi connectivity index (χ1n) is 7.35. The van der Waals surface area contributed by atoms with Gasteiger partial charge in [0.15, 0.2) is 0 Å². The van der Waals surface area contributed by atoms with Gasteiger partial charge in [0.1, 0.15) is 5.82 Å². The van der Waals surface area contributed by atoms with E-state index in [1.54, 1.807) is 5.54 Å². The van der Waals surface area contributed by atoms with Crippen LogP contribution < -0.4 is 0 Å². The summed E-state index contributed by atoms with van der Waals surface area (Å²) in [4.78, 5) is 2.27. The SMILES string of the molecule is CCN(CC)/C(=C\Cl)n1c2ccccc2c2ccccc21. The second-order valence-corrected chi connectivity index (χ2v) is 5.23. The highest BCUT2D eigenvalue weighted by molar-refractivity contribution is 6.28. The first kappa shape index (κ1) is 14.0. The Bertz CT molecular complexity index is 744. The maximum absolute atomic E-state index is 6.19. The molecule has 0 aliphatic carbocycles. The first-order valence-corrected chi connectivity index (χ1v) is 7.79. The second-order valence-electron chi connectivity index (χ2n) is 5.01. The maximum atomic E-state index is 6.19. The molecular weight excluding hydrogens is 280 g/mol. The molecule has 0 spiro atoms. The van der Waals surface area contributed by atoms with E-state index in [1.165, 1.54) is 21.8 Å². The van der Waals surface area contributed by atoms with Gasteiger partial charge in [0.05, 0.1) is 11.0 Å². The van der Waals surface area contributed by atoms with Crippen molar-refractivity contribution in [2.75, 3.05) is 13.1 Å². The lowest BCUT2D eigenvalue weighted by molar-refractivity contribution is 0.424. The van der Waals surface area contributed by atoms with Gasteiger partial charge in [0.25, 0.3) is 0 Å². The zero-order chi connectivity index (χ0) is 14.8. The minimum Gasteiger partial charge on any atom is -0.358 e. The lowest BCUT2D eigenvalue weighted by Gasteiger charge is -2.25. The van der Waals surface area contributed by atoms with Gasteiger partial charge >= 0.3 is 0 Å². The summed E-state index contributed by atoms with van der Waals surface area (Å²) in [6.45, 7) is 6.15. The molecule has 0 N–H and O–H groups in total. The third kappa shape index (κ3) is 2.20. The van der Waals surface area contributed by atoms with Crippen LogP contribution in [0.1, 0.15) is 13.8 Å². The molecule has 0 atom stereocenters. The molecule has 1 aromatic heterocycles. The van der Waals surface area contributed by atoms with E-state index in [2.05, 4.69) is 71.8 Å². The topological polar surface area (TPSA) is 8.17 Å². The van der Waals surface area contributed by atoms with Crippen molar-refractivity contribution in [1.29, 1.82) is 0 Å². The van der Waals surface area contributed by atoms with Crippen LogP contribution in [0, 0.1) is 0 Å². The Hall–Kier alpha value is -1.93. The highest BCUT2D eigenvalue weighted by Crippen LogP contribution is 2.32. The molecule has 0 amide bonds. The third-order valence-electron chi connectivity index (χ3n) is 3.99. The van der Waals surface area contributed by atoms with Crippen molar-refractivity contribution in [3.05, 3.63) is 54.1 Å². The van der Waals surface area contributed by atoms with E-state index in [0.717, 1.165) is 18.9 Å². The number of hydrogen-bond donors (Lipinski definition) is 0. The monoisotopic (exact) mass is 298 g/mol. The number of aromatic nitrogens is 1. The van der Waals surface area contributed by atoms with Gasteiger partial charge < -0.3 is 4.90 Å². The molecule has 0 unspecified atom stereocenters. The number of fused-ring (bicyclic) bond motifs is 3. The van der Waals surface area contributed by atoms with Crippen molar-refractivity contribution in [3.8, 4) is 0 Å². The Kier molecular flexibility index (Phi) is 3.89. The summed E-state index contributed by atoms with van der Waals surface area (Å²) >= 11 is 6.19. The fraction of sp³-hybridized carbons (Fsp3) is 0.222. The lowest BCUT2D eigenvalue weighted by Crippen LogP contribution is -2.24. The molecule has 3 aromatic rings.